The summed E-state index contributed by atoms with van der Waals surface area (Å²) in [7, 11) is 1.76. The first-order valence-electron chi connectivity index (χ1n) is 6.25. The lowest BCUT2D eigenvalue weighted by atomic mass is 10.2. The second-order valence-corrected chi connectivity index (χ2v) is 4.53. The highest BCUT2D eigenvalue weighted by atomic mass is 19.3. The molecule has 0 aliphatic rings. The van der Waals surface area contributed by atoms with Gasteiger partial charge in [0.15, 0.2) is 0 Å². The Morgan fingerprint density at radius 3 is 2.38 bits per heavy atom. The van der Waals surface area contributed by atoms with Crippen molar-refractivity contribution in [2.75, 3.05) is 5.32 Å². The molecular weight excluding hydrogens is 280 g/mol. The summed E-state index contributed by atoms with van der Waals surface area (Å²) >= 11 is 0. The zero-order chi connectivity index (χ0) is 15.6. The summed E-state index contributed by atoms with van der Waals surface area (Å²) in [6.45, 7) is 0.682. The SMILES string of the molecule is Cc1nn(C)c(C)c1C(=O)Nc1ccc(OC(F)F)cc1. The number of amides is 1. The third-order valence-corrected chi connectivity index (χ3v) is 3.07. The number of alkyl halides is 2. The fraction of sp³-hybridized carbons (Fsp3) is 0.286. The van der Waals surface area contributed by atoms with E-state index in [1.165, 1.54) is 24.3 Å². The number of carbonyl (C=O) groups excluding carboxylic acids is 1. The number of hydrogen-bond donors (Lipinski definition) is 1. The molecule has 112 valence electrons. The summed E-state index contributed by atoms with van der Waals surface area (Å²) in [4.78, 5) is 12.2. The molecule has 2 aromatic rings. The van der Waals surface area contributed by atoms with Crippen LogP contribution in [0.15, 0.2) is 24.3 Å². The molecule has 0 unspecified atom stereocenters. The Morgan fingerprint density at radius 1 is 1.29 bits per heavy atom. The average molecular weight is 295 g/mol. The van der Waals surface area contributed by atoms with Crippen LogP contribution < -0.4 is 10.1 Å². The number of hydrogen-bond acceptors (Lipinski definition) is 3. The van der Waals surface area contributed by atoms with Crippen LogP contribution in [0.2, 0.25) is 0 Å². The van der Waals surface area contributed by atoms with E-state index in [1.54, 1.807) is 25.6 Å². The van der Waals surface area contributed by atoms with Gasteiger partial charge in [0.25, 0.3) is 5.91 Å². The van der Waals surface area contributed by atoms with Crippen molar-refractivity contribution < 1.29 is 18.3 Å². The number of anilines is 1. The summed E-state index contributed by atoms with van der Waals surface area (Å²) in [5, 5.41) is 6.87. The Hall–Kier alpha value is -2.44. The zero-order valence-electron chi connectivity index (χ0n) is 11.9. The van der Waals surface area contributed by atoms with Crippen molar-refractivity contribution in [1.82, 2.24) is 9.78 Å². The fourth-order valence-electron chi connectivity index (χ4n) is 2.02. The molecule has 0 spiro atoms. The molecule has 0 atom stereocenters. The van der Waals surface area contributed by atoms with Gasteiger partial charge in [0.1, 0.15) is 5.75 Å². The van der Waals surface area contributed by atoms with E-state index in [0.29, 0.717) is 16.9 Å². The lowest BCUT2D eigenvalue weighted by Gasteiger charge is -2.08. The highest BCUT2D eigenvalue weighted by molar-refractivity contribution is 6.05. The third-order valence-electron chi connectivity index (χ3n) is 3.07. The lowest BCUT2D eigenvalue weighted by molar-refractivity contribution is -0.0498. The first kappa shape index (κ1) is 15.0. The Morgan fingerprint density at radius 2 is 1.90 bits per heavy atom. The van der Waals surface area contributed by atoms with E-state index in [2.05, 4.69) is 15.2 Å². The molecule has 21 heavy (non-hydrogen) atoms. The number of rotatable bonds is 4. The van der Waals surface area contributed by atoms with Crippen LogP contribution in [-0.2, 0) is 7.05 Å². The Kier molecular flexibility index (Phi) is 4.21. The Labute approximate surface area is 120 Å². The largest absolute Gasteiger partial charge is 0.435 e. The second kappa shape index (κ2) is 5.90. The maximum absolute atomic E-state index is 12.2. The molecule has 0 aliphatic carbocycles. The molecule has 0 fully saturated rings. The van der Waals surface area contributed by atoms with Crippen LogP contribution in [0, 0.1) is 13.8 Å². The molecule has 1 aromatic carbocycles. The van der Waals surface area contributed by atoms with E-state index in [9.17, 15) is 13.6 Å². The van der Waals surface area contributed by atoms with E-state index in [0.717, 1.165) is 5.69 Å². The van der Waals surface area contributed by atoms with Crippen LogP contribution >= 0.6 is 0 Å². The normalized spacial score (nSPS) is 10.8. The van der Waals surface area contributed by atoms with Gasteiger partial charge in [-0.3, -0.25) is 9.48 Å². The molecule has 1 aromatic heterocycles. The third kappa shape index (κ3) is 3.36. The van der Waals surface area contributed by atoms with Crippen molar-refractivity contribution in [2.24, 2.45) is 7.05 Å². The molecule has 7 heteroatoms. The molecular formula is C14H15F2N3O2. The van der Waals surface area contributed by atoms with Crippen LogP contribution in [0.1, 0.15) is 21.7 Å². The maximum Gasteiger partial charge on any atom is 0.387 e. The number of nitrogens with one attached hydrogen (secondary N) is 1. The number of nitrogens with zero attached hydrogens (tertiary/aromatic N) is 2. The van der Waals surface area contributed by atoms with Gasteiger partial charge < -0.3 is 10.1 Å². The van der Waals surface area contributed by atoms with Crippen molar-refractivity contribution in [3.63, 3.8) is 0 Å². The lowest BCUT2D eigenvalue weighted by Crippen LogP contribution is -2.14. The predicted octanol–water partition coefficient (Wildman–Crippen LogP) is 2.89. The van der Waals surface area contributed by atoms with Gasteiger partial charge >= 0.3 is 6.61 Å². The Bertz CT molecular complexity index is 651. The van der Waals surface area contributed by atoms with Crippen molar-refractivity contribution >= 4 is 11.6 Å². The number of halogens is 2. The minimum atomic E-state index is -2.87. The van der Waals surface area contributed by atoms with Gasteiger partial charge in [-0.1, -0.05) is 0 Å². The van der Waals surface area contributed by atoms with Gasteiger partial charge in [0.05, 0.1) is 11.3 Å². The standard InChI is InChI=1S/C14H15F2N3O2/c1-8-12(9(2)19(3)18-8)13(20)17-10-4-6-11(7-5-10)21-14(15)16/h4-7,14H,1-3H3,(H,17,20). The number of benzene rings is 1. The average Bonchev–Trinajstić information content (AvgIpc) is 2.65. The van der Waals surface area contributed by atoms with E-state index in [-0.39, 0.29) is 11.7 Å². The molecule has 0 aliphatic heterocycles. The van der Waals surface area contributed by atoms with Gasteiger partial charge in [-0.2, -0.15) is 13.9 Å². The molecule has 0 bridgehead atoms. The number of carbonyl (C=O) groups is 1. The fourth-order valence-corrected chi connectivity index (χ4v) is 2.02. The summed E-state index contributed by atoms with van der Waals surface area (Å²) in [6.07, 6.45) is 0. The molecule has 0 radical (unpaired) electrons. The van der Waals surface area contributed by atoms with Crippen LogP contribution in [0.5, 0.6) is 5.75 Å². The number of aryl methyl sites for hydroxylation is 2. The Balaban J connectivity index is 2.12. The van der Waals surface area contributed by atoms with Crippen LogP contribution in [0.25, 0.3) is 0 Å². The van der Waals surface area contributed by atoms with Gasteiger partial charge in [0, 0.05) is 18.4 Å². The number of ether oxygens (including phenoxy) is 1. The molecule has 1 heterocycles. The minimum absolute atomic E-state index is 0.0386. The molecule has 1 N–H and O–H groups in total. The quantitative estimate of drug-likeness (QED) is 0.943. The molecule has 0 saturated heterocycles. The van der Waals surface area contributed by atoms with E-state index < -0.39 is 6.61 Å². The van der Waals surface area contributed by atoms with Gasteiger partial charge in [0.2, 0.25) is 0 Å². The highest BCUT2D eigenvalue weighted by Gasteiger charge is 2.17. The number of aromatic nitrogens is 2. The minimum Gasteiger partial charge on any atom is -0.435 e. The van der Waals surface area contributed by atoms with Crippen molar-refractivity contribution in [1.29, 1.82) is 0 Å². The van der Waals surface area contributed by atoms with Crippen molar-refractivity contribution in [2.45, 2.75) is 20.5 Å². The smallest absolute Gasteiger partial charge is 0.387 e. The highest BCUT2D eigenvalue weighted by Crippen LogP contribution is 2.19. The van der Waals surface area contributed by atoms with Crippen LogP contribution in [0.4, 0.5) is 14.5 Å². The van der Waals surface area contributed by atoms with Crippen LogP contribution in [0.3, 0.4) is 0 Å². The summed E-state index contributed by atoms with van der Waals surface area (Å²) in [5.74, 6) is -0.252. The summed E-state index contributed by atoms with van der Waals surface area (Å²) in [5.41, 5.74) is 2.38. The second-order valence-electron chi connectivity index (χ2n) is 4.53. The predicted molar refractivity (Wildman–Crippen MR) is 73.7 cm³/mol. The monoisotopic (exact) mass is 295 g/mol. The van der Waals surface area contributed by atoms with E-state index in [4.69, 9.17) is 0 Å². The maximum atomic E-state index is 12.2. The first-order valence-corrected chi connectivity index (χ1v) is 6.25. The molecule has 1 amide bonds. The molecule has 0 saturated carbocycles. The topological polar surface area (TPSA) is 56.2 Å². The summed E-state index contributed by atoms with van der Waals surface area (Å²) in [6, 6.07) is 5.72. The zero-order valence-corrected chi connectivity index (χ0v) is 11.9. The molecule has 2 rings (SSSR count). The van der Waals surface area contributed by atoms with E-state index in [1.807, 2.05) is 0 Å². The van der Waals surface area contributed by atoms with Gasteiger partial charge in [-0.25, -0.2) is 0 Å². The molecule has 5 nitrogen and oxygen atoms in total. The first-order chi connectivity index (χ1) is 9.88. The van der Waals surface area contributed by atoms with Crippen molar-refractivity contribution in [3.8, 4) is 5.75 Å². The van der Waals surface area contributed by atoms with Crippen molar-refractivity contribution in [3.05, 3.63) is 41.2 Å². The van der Waals surface area contributed by atoms with Gasteiger partial charge in [-0.05, 0) is 38.1 Å². The van der Waals surface area contributed by atoms with E-state index >= 15 is 0 Å². The van der Waals surface area contributed by atoms with Crippen LogP contribution in [-0.4, -0.2) is 22.3 Å². The van der Waals surface area contributed by atoms with Gasteiger partial charge in [-0.15, -0.1) is 0 Å². The summed E-state index contributed by atoms with van der Waals surface area (Å²) < 4.78 is 30.0.